The quantitative estimate of drug-likeness (QED) is 0.537. The number of methoxy groups -OCH3 is 1. The molecular weight excluding hydrogens is 238 g/mol. The molecule has 3 N–H and O–H groups in total. The average Bonchev–Trinajstić information content (AvgIpc) is 2.39. The maximum Gasteiger partial charge on any atom is 0.273 e. The van der Waals surface area contributed by atoms with Gasteiger partial charge in [0.05, 0.1) is 18.1 Å². The fourth-order valence-electron chi connectivity index (χ4n) is 2.01. The van der Waals surface area contributed by atoms with Crippen LogP contribution in [-0.2, 0) is 0 Å². The van der Waals surface area contributed by atoms with Gasteiger partial charge >= 0.3 is 0 Å². The summed E-state index contributed by atoms with van der Waals surface area (Å²) in [6, 6.07) is 2.44. The number of phenolic OH excluding ortho intramolecular Hbond substituents is 1. The van der Waals surface area contributed by atoms with E-state index in [1.165, 1.54) is 19.2 Å². The van der Waals surface area contributed by atoms with Crippen molar-refractivity contribution in [1.29, 1.82) is 0 Å². The van der Waals surface area contributed by atoms with Crippen LogP contribution in [0.15, 0.2) is 12.1 Å². The highest BCUT2D eigenvalue weighted by molar-refractivity contribution is 5.54. The molecular formula is C11H15N3O4. The lowest BCUT2D eigenvalue weighted by Crippen LogP contribution is -2.42. The Bertz CT molecular complexity index is 458. The normalized spacial score (nSPS) is 19.5. The molecule has 0 unspecified atom stereocenters. The van der Waals surface area contributed by atoms with Gasteiger partial charge in [-0.25, -0.2) is 0 Å². The molecule has 7 nitrogen and oxygen atoms in total. The third-order valence-corrected chi connectivity index (χ3v) is 2.94. The van der Waals surface area contributed by atoms with Crippen LogP contribution in [0, 0.1) is 10.1 Å². The van der Waals surface area contributed by atoms with Crippen LogP contribution >= 0.6 is 0 Å². The van der Waals surface area contributed by atoms with E-state index in [1.54, 1.807) is 0 Å². The summed E-state index contributed by atoms with van der Waals surface area (Å²) in [5.74, 6) is 0.0656. The van der Waals surface area contributed by atoms with Gasteiger partial charge in [-0.3, -0.25) is 10.1 Å². The summed E-state index contributed by atoms with van der Waals surface area (Å²) in [6.45, 7) is 2.19. The highest BCUT2D eigenvalue weighted by atomic mass is 16.6. The predicted octanol–water partition coefficient (Wildman–Crippen LogP) is 0.543. The molecule has 1 fully saturated rings. The first-order valence-corrected chi connectivity index (χ1v) is 5.63. The Kier molecular flexibility index (Phi) is 3.63. The fraction of sp³-hybridized carbons (Fsp3) is 0.455. The van der Waals surface area contributed by atoms with E-state index >= 15 is 0 Å². The summed E-state index contributed by atoms with van der Waals surface area (Å²) in [4.78, 5) is 10.3. The van der Waals surface area contributed by atoms with Crippen molar-refractivity contribution in [3.63, 3.8) is 0 Å². The molecule has 1 aliphatic heterocycles. The van der Waals surface area contributed by atoms with Crippen LogP contribution in [0.5, 0.6) is 11.5 Å². The Hall–Kier alpha value is -1.86. The summed E-state index contributed by atoms with van der Waals surface area (Å²) in [5.41, 5.74) is 0.389. The smallest absolute Gasteiger partial charge is 0.273 e. The van der Waals surface area contributed by atoms with Crippen LogP contribution < -0.4 is 15.4 Å². The van der Waals surface area contributed by atoms with E-state index in [1.807, 2.05) is 0 Å². The van der Waals surface area contributed by atoms with Crippen LogP contribution in [0.2, 0.25) is 0 Å². The third kappa shape index (κ3) is 2.36. The summed E-state index contributed by atoms with van der Waals surface area (Å²) < 4.78 is 4.96. The van der Waals surface area contributed by atoms with Gasteiger partial charge in [0.15, 0.2) is 11.5 Å². The van der Waals surface area contributed by atoms with Crippen LogP contribution in [0.1, 0.15) is 11.6 Å². The van der Waals surface area contributed by atoms with Crippen molar-refractivity contribution in [2.75, 3.05) is 26.7 Å². The monoisotopic (exact) mass is 253 g/mol. The zero-order chi connectivity index (χ0) is 13.1. The minimum Gasteiger partial charge on any atom is -0.504 e. The van der Waals surface area contributed by atoms with Crippen molar-refractivity contribution in [1.82, 2.24) is 10.6 Å². The summed E-state index contributed by atoms with van der Waals surface area (Å²) in [6.07, 6.45) is 0. The minimum atomic E-state index is -0.498. The van der Waals surface area contributed by atoms with Crippen molar-refractivity contribution in [2.24, 2.45) is 0 Å². The molecule has 1 saturated heterocycles. The third-order valence-electron chi connectivity index (χ3n) is 2.94. The second-order valence-electron chi connectivity index (χ2n) is 4.05. The van der Waals surface area contributed by atoms with Gasteiger partial charge in [-0.15, -0.1) is 0 Å². The van der Waals surface area contributed by atoms with Crippen LogP contribution in [0.4, 0.5) is 5.69 Å². The Labute approximate surface area is 104 Å². The lowest BCUT2D eigenvalue weighted by atomic mass is 10.0. The van der Waals surface area contributed by atoms with E-state index in [0.717, 1.165) is 13.1 Å². The first-order chi connectivity index (χ1) is 8.63. The molecule has 0 bridgehead atoms. The topological polar surface area (TPSA) is 96.7 Å². The fourth-order valence-corrected chi connectivity index (χ4v) is 2.01. The van der Waals surface area contributed by atoms with Gasteiger partial charge < -0.3 is 20.5 Å². The first kappa shape index (κ1) is 12.6. The summed E-state index contributed by atoms with van der Waals surface area (Å²) in [7, 11) is 1.37. The molecule has 0 radical (unpaired) electrons. The van der Waals surface area contributed by atoms with Gasteiger partial charge in [0, 0.05) is 37.3 Å². The van der Waals surface area contributed by atoms with E-state index in [-0.39, 0.29) is 23.2 Å². The predicted molar refractivity (Wildman–Crippen MR) is 64.9 cm³/mol. The number of nitro benzene ring substituents is 1. The minimum absolute atomic E-state index is 0.0516. The number of aromatic hydroxyl groups is 1. The number of nitrogens with one attached hydrogen (secondary N) is 2. The Morgan fingerprint density at radius 3 is 2.83 bits per heavy atom. The van der Waals surface area contributed by atoms with Crippen molar-refractivity contribution < 1.29 is 14.8 Å². The SMILES string of the molecule is COc1cc([N+](=O)[O-])cc([C@@H]2CNCCN2)c1O. The molecule has 7 heteroatoms. The van der Waals surface area contributed by atoms with Crippen molar-refractivity contribution in [3.05, 3.63) is 27.8 Å². The van der Waals surface area contributed by atoms with Crippen LogP contribution in [0.25, 0.3) is 0 Å². The van der Waals surface area contributed by atoms with Gasteiger partial charge in [0.2, 0.25) is 0 Å². The molecule has 1 atom stereocenters. The Morgan fingerprint density at radius 1 is 1.50 bits per heavy atom. The zero-order valence-electron chi connectivity index (χ0n) is 9.97. The molecule has 2 rings (SSSR count). The molecule has 1 heterocycles. The Morgan fingerprint density at radius 2 is 2.28 bits per heavy atom. The lowest BCUT2D eigenvalue weighted by Gasteiger charge is -2.25. The number of hydrogen-bond acceptors (Lipinski definition) is 6. The molecule has 0 saturated carbocycles. The Balaban J connectivity index is 2.43. The average molecular weight is 253 g/mol. The molecule has 0 aliphatic carbocycles. The maximum absolute atomic E-state index is 10.8. The van der Waals surface area contributed by atoms with Crippen molar-refractivity contribution >= 4 is 5.69 Å². The van der Waals surface area contributed by atoms with E-state index in [9.17, 15) is 15.2 Å². The number of phenols is 1. The molecule has 1 aromatic carbocycles. The van der Waals surface area contributed by atoms with Gasteiger partial charge in [-0.2, -0.15) is 0 Å². The lowest BCUT2D eigenvalue weighted by molar-refractivity contribution is -0.385. The number of piperazine rings is 1. The molecule has 98 valence electrons. The standard InChI is InChI=1S/C11H15N3O4/c1-18-10-5-7(14(16)17)4-8(11(10)15)9-6-12-2-3-13-9/h4-5,9,12-13,15H,2-3,6H2,1H3/t9-/m0/s1. The van der Waals surface area contributed by atoms with Crippen LogP contribution in [0.3, 0.4) is 0 Å². The molecule has 1 aliphatic rings. The van der Waals surface area contributed by atoms with Crippen molar-refractivity contribution in [3.8, 4) is 11.5 Å². The second kappa shape index (κ2) is 5.19. The van der Waals surface area contributed by atoms with Crippen molar-refractivity contribution in [2.45, 2.75) is 6.04 Å². The second-order valence-corrected chi connectivity index (χ2v) is 4.05. The van der Waals surface area contributed by atoms with Gasteiger partial charge in [-0.05, 0) is 0 Å². The number of ether oxygens (including phenoxy) is 1. The number of rotatable bonds is 3. The van der Waals surface area contributed by atoms with E-state index in [0.29, 0.717) is 12.1 Å². The van der Waals surface area contributed by atoms with Crippen LogP contribution in [-0.4, -0.2) is 36.8 Å². The number of non-ortho nitro benzene ring substituents is 1. The van der Waals surface area contributed by atoms with E-state index < -0.39 is 4.92 Å². The number of nitrogens with zero attached hydrogens (tertiary/aromatic N) is 1. The van der Waals surface area contributed by atoms with Gasteiger partial charge in [0.25, 0.3) is 5.69 Å². The largest absolute Gasteiger partial charge is 0.504 e. The maximum atomic E-state index is 10.8. The summed E-state index contributed by atoms with van der Waals surface area (Å²) >= 11 is 0. The highest BCUT2D eigenvalue weighted by Gasteiger charge is 2.24. The summed E-state index contributed by atoms with van der Waals surface area (Å²) in [5, 5.41) is 27.2. The number of nitro groups is 1. The van der Waals surface area contributed by atoms with Gasteiger partial charge in [0.1, 0.15) is 0 Å². The van der Waals surface area contributed by atoms with Gasteiger partial charge in [-0.1, -0.05) is 0 Å². The van der Waals surface area contributed by atoms with E-state index in [2.05, 4.69) is 10.6 Å². The molecule has 0 spiro atoms. The first-order valence-electron chi connectivity index (χ1n) is 5.63. The molecule has 1 aromatic rings. The highest BCUT2D eigenvalue weighted by Crippen LogP contribution is 2.37. The number of benzene rings is 1. The number of hydrogen-bond donors (Lipinski definition) is 3. The van der Waals surface area contributed by atoms with E-state index in [4.69, 9.17) is 4.74 Å². The molecule has 18 heavy (non-hydrogen) atoms. The zero-order valence-corrected chi connectivity index (χ0v) is 9.97. The molecule has 0 amide bonds. The molecule has 0 aromatic heterocycles.